The molecule has 0 aliphatic heterocycles. The third kappa shape index (κ3) is 4.61. The van der Waals surface area contributed by atoms with Crippen molar-refractivity contribution in [3.63, 3.8) is 0 Å². The van der Waals surface area contributed by atoms with Gasteiger partial charge in [0.05, 0.1) is 12.7 Å². The second-order valence-electron chi connectivity index (χ2n) is 6.24. The molecule has 2 heterocycles. The number of ether oxygens (including phenoxy) is 2. The molecule has 4 rings (SSSR count). The Labute approximate surface area is 172 Å². The predicted molar refractivity (Wildman–Crippen MR) is 109 cm³/mol. The maximum atomic E-state index is 12.1. The van der Waals surface area contributed by atoms with Gasteiger partial charge >= 0.3 is 0 Å². The molecule has 2 aromatic carbocycles. The van der Waals surface area contributed by atoms with Crippen LogP contribution in [0.4, 0.5) is 5.69 Å². The van der Waals surface area contributed by atoms with E-state index >= 15 is 0 Å². The third-order valence-electron chi connectivity index (χ3n) is 4.20. The maximum absolute atomic E-state index is 12.1. The smallest absolute Gasteiger partial charge is 0.257 e. The Morgan fingerprint density at radius 3 is 2.47 bits per heavy atom. The number of carbonyl (C=O) groups is 1. The van der Waals surface area contributed by atoms with Crippen LogP contribution in [-0.4, -0.2) is 28.2 Å². The Kier molecular flexibility index (Phi) is 5.66. The van der Waals surface area contributed by atoms with Crippen LogP contribution in [0.3, 0.4) is 0 Å². The van der Waals surface area contributed by atoms with Gasteiger partial charge in [-0.25, -0.2) is 0 Å². The highest BCUT2D eigenvalue weighted by molar-refractivity contribution is 6.04. The van der Waals surface area contributed by atoms with Crippen molar-refractivity contribution in [2.45, 2.75) is 6.61 Å². The van der Waals surface area contributed by atoms with E-state index in [1.807, 2.05) is 24.3 Å². The van der Waals surface area contributed by atoms with Gasteiger partial charge in [0.1, 0.15) is 11.5 Å². The molecule has 2 aromatic heterocycles. The average molecular weight is 402 g/mol. The van der Waals surface area contributed by atoms with Crippen molar-refractivity contribution in [2.75, 3.05) is 12.4 Å². The Morgan fingerprint density at radius 1 is 1.00 bits per heavy atom. The lowest BCUT2D eigenvalue weighted by Gasteiger charge is -2.07. The summed E-state index contributed by atoms with van der Waals surface area (Å²) in [6.45, 7) is 0.130. The summed E-state index contributed by atoms with van der Waals surface area (Å²) >= 11 is 0. The number of nitrogens with one attached hydrogen (secondary N) is 1. The van der Waals surface area contributed by atoms with Gasteiger partial charge in [-0.1, -0.05) is 0 Å². The number of anilines is 1. The summed E-state index contributed by atoms with van der Waals surface area (Å²) in [5, 5.41) is 10.8. The average Bonchev–Trinajstić information content (AvgIpc) is 3.28. The van der Waals surface area contributed by atoms with E-state index in [1.54, 1.807) is 49.7 Å². The highest BCUT2D eigenvalue weighted by Crippen LogP contribution is 2.22. The molecule has 30 heavy (non-hydrogen) atoms. The zero-order valence-electron chi connectivity index (χ0n) is 16.1. The predicted octanol–water partition coefficient (Wildman–Crippen LogP) is 3.97. The standard InChI is InChI=1S/C22H18N4O4/c1-28-18-8-4-15(5-9-18)22-26-25-20(30-22)14-29-19-10-6-17(7-11-19)24-21(27)16-3-2-12-23-13-16/h2-13H,14H2,1H3,(H,24,27). The van der Waals surface area contributed by atoms with Crippen LogP contribution < -0.4 is 14.8 Å². The van der Waals surface area contributed by atoms with Crippen LogP contribution in [0.25, 0.3) is 11.5 Å². The van der Waals surface area contributed by atoms with Crippen LogP contribution in [0.1, 0.15) is 16.2 Å². The molecule has 0 atom stereocenters. The van der Waals surface area contributed by atoms with Crippen LogP contribution in [0.2, 0.25) is 0 Å². The van der Waals surface area contributed by atoms with E-state index < -0.39 is 0 Å². The molecule has 0 saturated carbocycles. The zero-order valence-corrected chi connectivity index (χ0v) is 16.1. The topological polar surface area (TPSA) is 99.4 Å². The minimum Gasteiger partial charge on any atom is -0.497 e. The van der Waals surface area contributed by atoms with Crippen LogP contribution in [0.5, 0.6) is 11.5 Å². The van der Waals surface area contributed by atoms with Gasteiger partial charge in [0.25, 0.3) is 11.8 Å². The molecule has 4 aromatic rings. The van der Waals surface area contributed by atoms with E-state index in [2.05, 4.69) is 20.5 Å². The van der Waals surface area contributed by atoms with Crippen molar-refractivity contribution in [3.8, 4) is 23.0 Å². The first-order valence-electron chi connectivity index (χ1n) is 9.12. The monoisotopic (exact) mass is 402 g/mol. The van der Waals surface area contributed by atoms with Crippen LogP contribution >= 0.6 is 0 Å². The van der Waals surface area contributed by atoms with E-state index in [9.17, 15) is 4.79 Å². The minimum absolute atomic E-state index is 0.130. The van der Waals surface area contributed by atoms with E-state index in [-0.39, 0.29) is 12.5 Å². The van der Waals surface area contributed by atoms with Crippen molar-refractivity contribution >= 4 is 11.6 Å². The summed E-state index contributed by atoms with van der Waals surface area (Å²) in [5.74, 6) is 1.90. The molecular weight excluding hydrogens is 384 g/mol. The van der Waals surface area contributed by atoms with Crippen LogP contribution in [0, 0.1) is 0 Å². The number of methoxy groups -OCH3 is 1. The molecule has 8 nitrogen and oxygen atoms in total. The second kappa shape index (κ2) is 8.87. The van der Waals surface area contributed by atoms with Crippen molar-refractivity contribution in [1.82, 2.24) is 15.2 Å². The first-order chi connectivity index (χ1) is 14.7. The van der Waals surface area contributed by atoms with Gasteiger partial charge in [-0.05, 0) is 60.7 Å². The number of carbonyl (C=O) groups excluding carboxylic acids is 1. The van der Waals surface area contributed by atoms with Gasteiger partial charge in [-0.2, -0.15) is 0 Å². The third-order valence-corrected chi connectivity index (χ3v) is 4.20. The molecule has 0 aliphatic carbocycles. The van der Waals surface area contributed by atoms with Gasteiger partial charge in [0.2, 0.25) is 5.89 Å². The van der Waals surface area contributed by atoms with Gasteiger partial charge in [0.15, 0.2) is 6.61 Å². The molecule has 0 spiro atoms. The fraction of sp³-hybridized carbons (Fsp3) is 0.0909. The maximum Gasteiger partial charge on any atom is 0.257 e. The van der Waals surface area contributed by atoms with Gasteiger partial charge in [0, 0.05) is 23.6 Å². The fourth-order valence-electron chi connectivity index (χ4n) is 2.64. The first-order valence-corrected chi connectivity index (χ1v) is 9.12. The number of benzene rings is 2. The highest BCUT2D eigenvalue weighted by Gasteiger charge is 2.10. The lowest BCUT2D eigenvalue weighted by Crippen LogP contribution is -2.11. The number of hydrogen-bond donors (Lipinski definition) is 1. The Hall–Kier alpha value is -4.20. The quantitative estimate of drug-likeness (QED) is 0.499. The molecule has 1 N–H and O–H groups in total. The summed E-state index contributed by atoms with van der Waals surface area (Å²) in [6.07, 6.45) is 3.13. The Bertz CT molecular complexity index is 1110. The fourth-order valence-corrected chi connectivity index (χ4v) is 2.64. The van der Waals surface area contributed by atoms with E-state index in [4.69, 9.17) is 13.9 Å². The summed E-state index contributed by atoms with van der Waals surface area (Å²) in [6, 6.07) is 17.7. The SMILES string of the molecule is COc1ccc(-c2nnc(COc3ccc(NC(=O)c4cccnc4)cc3)o2)cc1. The van der Waals surface area contributed by atoms with Crippen molar-refractivity contribution < 1.29 is 18.7 Å². The molecule has 8 heteroatoms. The van der Waals surface area contributed by atoms with Gasteiger partial charge < -0.3 is 19.2 Å². The molecular formula is C22H18N4O4. The number of nitrogens with zero attached hydrogens (tertiary/aromatic N) is 3. The zero-order chi connectivity index (χ0) is 20.8. The van der Waals surface area contributed by atoms with E-state index in [0.29, 0.717) is 28.8 Å². The van der Waals surface area contributed by atoms with E-state index in [1.165, 1.54) is 6.20 Å². The largest absolute Gasteiger partial charge is 0.497 e. The normalized spacial score (nSPS) is 10.4. The number of aromatic nitrogens is 3. The molecule has 150 valence electrons. The summed E-state index contributed by atoms with van der Waals surface area (Å²) in [4.78, 5) is 16.1. The Balaban J connectivity index is 1.33. The van der Waals surface area contributed by atoms with Crippen LogP contribution in [-0.2, 0) is 6.61 Å². The summed E-state index contributed by atoms with van der Waals surface area (Å²) in [7, 11) is 1.61. The first kappa shape index (κ1) is 19.1. The molecule has 1 amide bonds. The number of pyridine rings is 1. The van der Waals surface area contributed by atoms with Gasteiger partial charge in [-0.3, -0.25) is 9.78 Å². The van der Waals surface area contributed by atoms with E-state index in [0.717, 1.165) is 11.3 Å². The van der Waals surface area contributed by atoms with Crippen LogP contribution in [0.15, 0.2) is 77.5 Å². The number of amides is 1. The molecule has 0 aliphatic rings. The molecule has 0 fully saturated rings. The Morgan fingerprint density at radius 2 is 1.77 bits per heavy atom. The molecule has 0 saturated heterocycles. The lowest BCUT2D eigenvalue weighted by atomic mass is 10.2. The second-order valence-corrected chi connectivity index (χ2v) is 6.24. The van der Waals surface area contributed by atoms with Crippen molar-refractivity contribution in [3.05, 3.63) is 84.5 Å². The highest BCUT2D eigenvalue weighted by atomic mass is 16.5. The van der Waals surface area contributed by atoms with Gasteiger partial charge in [-0.15, -0.1) is 10.2 Å². The van der Waals surface area contributed by atoms with Crippen molar-refractivity contribution in [2.24, 2.45) is 0 Å². The molecule has 0 radical (unpaired) electrons. The number of hydrogen-bond acceptors (Lipinski definition) is 7. The van der Waals surface area contributed by atoms with Crippen molar-refractivity contribution in [1.29, 1.82) is 0 Å². The minimum atomic E-state index is -0.228. The molecule has 0 unspecified atom stereocenters. The molecule has 0 bridgehead atoms. The summed E-state index contributed by atoms with van der Waals surface area (Å²) < 4.78 is 16.5. The summed E-state index contributed by atoms with van der Waals surface area (Å²) in [5.41, 5.74) is 1.93. The number of rotatable bonds is 7. The lowest BCUT2D eigenvalue weighted by molar-refractivity contribution is 0.102.